The largest absolute Gasteiger partial charge is 0.262 e. The molecule has 0 atom stereocenters. The van der Waals surface area contributed by atoms with Gasteiger partial charge in [0.2, 0.25) is 0 Å². The van der Waals surface area contributed by atoms with Crippen molar-refractivity contribution in [2.24, 2.45) is 4.99 Å². The summed E-state index contributed by atoms with van der Waals surface area (Å²) < 4.78 is 0. The predicted octanol–water partition coefficient (Wildman–Crippen LogP) is 3.11. The summed E-state index contributed by atoms with van der Waals surface area (Å²) >= 11 is 0. The SMILES string of the molecule is C=CN=C(C)C(C=C)=C(C)C. The fourth-order valence-electron chi connectivity index (χ4n) is 0.920. The molecule has 0 aromatic heterocycles. The molecule has 0 spiro atoms. The van der Waals surface area contributed by atoms with Gasteiger partial charge in [-0.15, -0.1) is 0 Å². The highest BCUT2D eigenvalue weighted by Gasteiger charge is 1.96. The summed E-state index contributed by atoms with van der Waals surface area (Å²) in [4.78, 5) is 4.07. The van der Waals surface area contributed by atoms with Gasteiger partial charge in [-0.1, -0.05) is 24.8 Å². The Balaban J connectivity index is 4.81. The highest BCUT2D eigenvalue weighted by molar-refractivity contribution is 6.01. The number of allylic oxidation sites excluding steroid dienone is 3. The highest BCUT2D eigenvalue weighted by Crippen LogP contribution is 2.06. The van der Waals surface area contributed by atoms with Gasteiger partial charge in [0.25, 0.3) is 0 Å². The molecule has 0 N–H and O–H groups in total. The number of hydrogen-bond donors (Lipinski definition) is 0. The van der Waals surface area contributed by atoms with Gasteiger partial charge >= 0.3 is 0 Å². The fourth-order valence-corrected chi connectivity index (χ4v) is 0.920. The Morgan fingerprint density at radius 3 is 2.00 bits per heavy atom. The third kappa shape index (κ3) is 2.99. The van der Waals surface area contributed by atoms with E-state index in [9.17, 15) is 0 Å². The Morgan fingerprint density at radius 1 is 1.18 bits per heavy atom. The average Bonchev–Trinajstić information content (AvgIpc) is 1.88. The van der Waals surface area contributed by atoms with Gasteiger partial charge in [-0.05, 0) is 26.3 Å². The molecule has 0 radical (unpaired) electrons. The first-order valence-electron chi connectivity index (χ1n) is 3.59. The lowest BCUT2D eigenvalue weighted by molar-refractivity contribution is 1.35. The molecule has 0 heterocycles. The molecule has 1 nitrogen and oxygen atoms in total. The maximum Gasteiger partial charge on any atom is 0.0443 e. The normalized spacial score (nSPS) is 10.6. The molecule has 0 aliphatic heterocycles. The summed E-state index contributed by atoms with van der Waals surface area (Å²) in [5.41, 5.74) is 3.29. The second kappa shape index (κ2) is 4.67. The summed E-state index contributed by atoms with van der Waals surface area (Å²) in [5, 5.41) is 0. The quantitative estimate of drug-likeness (QED) is 0.432. The van der Waals surface area contributed by atoms with E-state index >= 15 is 0 Å². The van der Waals surface area contributed by atoms with E-state index in [4.69, 9.17) is 0 Å². The Bertz CT molecular complexity index is 215. The van der Waals surface area contributed by atoms with Crippen LogP contribution >= 0.6 is 0 Å². The lowest BCUT2D eigenvalue weighted by Gasteiger charge is -2.01. The zero-order chi connectivity index (χ0) is 8.85. The van der Waals surface area contributed by atoms with Crippen LogP contribution in [0.3, 0.4) is 0 Å². The van der Waals surface area contributed by atoms with E-state index in [2.05, 4.69) is 18.2 Å². The Hall–Kier alpha value is -1.11. The zero-order valence-electron chi connectivity index (χ0n) is 7.52. The van der Waals surface area contributed by atoms with Crippen LogP contribution in [0.1, 0.15) is 20.8 Å². The minimum Gasteiger partial charge on any atom is -0.262 e. The van der Waals surface area contributed by atoms with E-state index in [1.165, 1.54) is 5.57 Å². The van der Waals surface area contributed by atoms with E-state index in [-0.39, 0.29) is 0 Å². The van der Waals surface area contributed by atoms with Crippen molar-refractivity contribution in [3.63, 3.8) is 0 Å². The third-order valence-electron chi connectivity index (χ3n) is 1.42. The summed E-state index contributed by atoms with van der Waals surface area (Å²) in [5.74, 6) is 0. The van der Waals surface area contributed by atoms with Crippen molar-refractivity contribution in [3.05, 3.63) is 36.6 Å². The van der Waals surface area contributed by atoms with Gasteiger partial charge in [-0.25, -0.2) is 0 Å². The minimum absolute atomic E-state index is 0.968. The van der Waals surface area contributed by atoms with E-state index in [1.807, 2.05) is 26.8 Å². The van der Waals surface area contributed by atoms with Crippen LogP contribution in [0.25, 0.3) is 0 Å². The van der Waals surface area contributed by atoms with Crippen LogP contribution in [0.5, 0.6) is 0 Å². The van der Waals surface area contributed by atoms with Gasteiger partial charge in [0.1, 0.15) is 0 Å². The van der Waals surface area contributed by atoms with Crippen LogP contribution in [0.4, 0.5) is 0 Å². The monoisotopic (exact) mass is 149 g/mol. The number of nitrogens with zero attached hydrogens (tertiary/aromatic N) is 1. The smallest absolute Gasteiger partial charge is 0.0443 e. The predicted molar refractivity (Wildman–Crippen MR) is 51.9 cm³/mol. The van der Waals surface area contributed by atoms with Crippen molar-refractivity contribution in [1.29, 1.82) is 0 Å². The molecule has 0 aliphatic rings. The first-order chi connectivity index (χ1) is 5.13. The highest BCUT2D eigenvalue weighted by atomic mass is 14.7. The molecule has 0 saturated carbocycles. The molecule has 0 unspecified atom stereocenters. The second-order valence-electron chi connectivity index (χ2n) is 2.51. The van der Waals surface area contributed by atoms with Crippen molar-refractivity contribution in [1.82, 2.24) is 0 Å². The summed E-state index contributed by atoms with van der Waals surface area (Å²) in [6, 6.07) is 0. The molecule has 1 heteroatoms. The van der Waals surface area contributed by atoms with Crippen LogP contribution in [0.2, 0.25) is 0 Å². The summed E-state index contributed by atoms with van der Waals surface area (Å²) in [7, 11) is 0. The van der Waals surface area contributed by atoms with Crippen molar-refractivity contribution < 1.29 is 0 Å². The maximum absolute atomic E-state index is 4.07. The summed E-state index contributed by atoms with van der Waals surface area (Å²) in [6.07, 6.45) is 3.36. The van der Waals surface area contributed by atoms with Gasteiger partial charge in [-0.3, -0.25) is 4.99 Å². The lowest BCUT2D eigenvalue weighted by Crippen LogP contribution is -1.95. The summed E-state index contributed by atoms with van der Waals surface area (Å²) in [6.45, 7) is 13.3. The van der Waals surface area contributed by atoms with Crippen molar-refractivity contribution in [2.75, 3.05) is 0 Å². The molecule has 60 valence electrons. The average molecular weight is 149 g/mol. The zero-order valence-corrected chi connectivity index (χ0v) is 7.52. The Kier molecular flexibility index (Phi) is 4.20. The number of aliphatic imine (C=N–C) groups is 1. The van der Waals surface area contributed by atoms with Gasteiger partial charge in [0.05, 0.1) is 0 Å². The van der Waals surface area contributed by atoms with E-state index < -0.39 is 0 Å². The number of hydrogen-bond acceptors (Lipinski definition) is 1. The van der Waals surface area contributed by atoms with Crippen molar-refractivity contribution in [2.45, 2.75) is 20.8 Å². The molecule has 0 saturated heterocycles. The minimum atomic E-state index is 0.968. The first kappa shape index (κ1) is 9.89. The standard InChI is InChI=1S/C10H15N/c1-6-10(8(3)4)9(5)11-7-2/h6-7H,1-2H2,3-5H3. The van der Waals surface area contributed by atoms with Crippen molar-refractivity contribution >= 4 is 5.71 Å². The third-order valence-corrected chi connectivity index (χ3v) is 1.42. The van der Waals surface area contributed by atoms with Crippen LogP contribution in [-0.2, 0) is 0 Å². The van der Waals surface area contributed by atoms with Crippen molar-refractivity contribution in [3.8, 4) is 0 Å². The van der Waals surface area contributed by atoms with E-state index in [0.29, 0.717) is 0 Å². The molecular weight excluding hydrogens is 134 g/mol. The van der Waals surface area contributed by atoms with Gasteiger partial charge in [0.15, 0.2) is 0 Å². The van der Waals surface area contributed by atoms with Gasteiger partial charge < -0.3 is 0 Å². The van der Waals surface area contributed by atoms with Crippen LogP contribution in [0, 0.1) is 0 Å². The first-order valence-corrected chi connectivity index (χ1v) is 3.59. The maximum atomic E-state index is 4.07. The van der Waals surface area contributed by atoms with Gasteiger partial charge in [0, 0.05) is 11.9 Å². The molecule has 0 aromatic rings. The lowest BCUT2D eigenvalue weighted by atomic mass is 10.1. The topological polar surface area (TPSA) is 12.4 Å². The molecular formula is C10H15N. The fraction of sp³-hybridized carbons (Fsp3) is 0.300. The molecule has 0 aliphatic carbocycles. The molecule has 0 aromatic carbocycles. The molecule has 0 amide bonds. The Labute approximate surface area is 68.9 Å². The van der Waals surface area contributed by atoms with Crippen LogP contribution < -0.4 is 0 Å². The molecule has 0 rings (SSSR count). The second-order valence-corrected chi connectivity index (χ2v) is 2.51. The van der Waals surface area contributed by atoms with Crippen LogP contribution in [0.15, 0.2) is 41.6 Å². The van der Waals surface area contributed by atoms with Gasteiger partial charge in [-0.2, -0.15) is 0 Å². The molecule has 11 heavy (non-hydrogen) atoms. The molecule has 0 bridgehead atoms. The number of rotatable bonds is 3. The van der Waals surface area contributed by atoms with Crippen LogP contribution in [-0.4, -0.2) is 5.71 Å². The van der Waals surface area contributed by atoms with E-state index in [0.717, 1.165) is 11.3 Å². The Morgan fingerprint density at radius 2 is 1.73 bits per heavy atom. The van der Waals surface area contributed by atoms with E-state index in [1.54, 1.807) is 6.20 Å². The molecule has 0 fully saturated rings.